The van der Waals surface area contributed by atoms with Crippen molar-refractivity contribution in [1.29, 1.82) is 0 Å². The number of thiazole rings is 1. The molecule has 0 unspecified atom stereocenters. The second-order valence-corrected chi connectivity index (χ2v) is 10.7. The summed E-state index contributed by atoms with van der Waals surface area (Å²) in [6.07, 6.45) is 0.834. The molecule has 4 rings (SSSR count). The van der Waals surface area contributed by atoms with Crippen molar-refractivity contribution in [2.45, 2.75) is 30.8 Å². The van der Waals surface area contributed by atoms with Gasteiger partial charge in [0.15, 0.2) is 5.13 Å². The summed E-state index contributed by atoms with van der Waals surface area (Å²) in [6.45, 7) is 2.57. The Morgan fingerprint density at radius 1 is 1.12 bits per heavy atom. The number of nitrogens with one attached hydrogen (secondary N) is 2. The zero-order valence-corrected chi connectivity index (χ0v) is 19.6. The van der Waals surface area contributed by atoms with Gasteiger partial charge in [-0.1, -0.05) is 54.1 Å². The maximum atomic E-state index is 12.3. The molecule has 0 bridgehead atoms. The molecule has 1 aliphatic rings. The molecule has 2 heterocycles. The van der Waals surface area contributed by atoms with Gasteiger partial charge in [-0.2, -0.15) is 0 Å². The first kappa shape index (κ1) is 22.9. The van der Waals surface area contributed by atoms with Gasteiger partial charge in [0.1, 0.15) is 4.90 Å². The van der Waals surface area contributed by atoms with Crippen molar-refractivity contribution in [3.63, 3.8) is 0 Å². The van der Waals surface area contributed by atoms with Crippen molar-refractivity contribution in [2.24, 2.45) is 0 Å². The van der Waals surface area contributed by atoms with E-state index < -0.39 is 10.0 Å². The van der Waals surface area contributed by atoms with Gasteiger partial charge < -0.3 is 5.32 Å². The SMILES string of the molecule is O=C(CCNS(=O)(=O)c1ccccc1Cl)Nc1nc2c(s1)CN(Cc1ccccc1)CC2. The number of carbonyl (C=O) groups is 1. The molecule has 0 saturated carbocycles. The lowest BCUT2D eigenvalue weighted by Crippen LogP contribution is -2.29. The number of hydrogen-bond donors (Lipinski definition) is 2. The lowest BCUT2D eigenvalue weighted by atomic mass is 10.1. The molecule has 0 spiro atoms. The number of sulfonamides is 1. The predicted molar refractivity (Wildman–Crippen MR) is 126 cm³/mol. The zero-order valence-electron chi connectivity index (χ0n) is 17.3. The third kappa shape index (κ3) is 5.73. The Labute approximate surface area is 196 Å². The Morgan fingerprint density at radius 3 is 2.66 bits per heavy atom. The average Bonchev–Trinajstić information content (AvgIpc) is 3.16. The van der Waals surface area contributed by atoms with E-state index in [0.717, 1.165) is 36.6 Å². The summed E-state index contributed by atoms with van der Waals surface area (Å²) in [5.74, 6) is -0.293. The van der Waals surface area contributed by atoms with Gasteiger partial charge in [-0.05, 0) is 17.7 Å². The summed E-state index contributed by atoms with van der Waals surface area (Å²) in [7, 11) is -3.77. The van der Waals surface area contributed by atoms with Gasteiger partial charge in [0.25, 0.3) is 0 Å². The van der Waals surface area contributed by atoms with E-state index in [0.29, 0.717) is 5.13 Å². The molecule has 32 heavy (non-hydrogen) atoms. The van der Waals surface area contributed by atoms with Crippen LogP contribution >= 0.6 is 22.9 Å². The van der Waals surface area contributed by atoms with Crippen molar-refractivity contribution in [2.75, 3.05) is 18.4 Å². The number of halogens is 1. The van der Waals surface area contributed by atoms with Gasteiger partial charge >= 0.3 is 0 Å². The van der Waals surface area contributed by atoms with E-state index in [9.17, 15) is 13.2 Å². The van der Waals surface area contributed by atoms with Crippen LogP contribution in [0.1, 0.15) is 22.6 Å². The molecule has 2 N–H and O–H groups in total. The summed E-state index contributed by atoms with van der Waals surface area (Å²) in [4.78, 5) is 20.4. The summed E-state index contributed by atoms with van der Waals surface area (Å²) in [5.41, 5.74) is 2.29. The molecule has 1 aromatic heterocycles. The van der Waals surface area contributed by atoms with Crippen LogP contribution in [0.25, 0.3) is 0 Å². The van der Waals surface area contributed by atoms with E-state index in [1.807, 2.05) is 18.2 Å². The van der Waals surface area contributed by atoms with E-state index in [1.165, 1.54) is 29.0 Å². The van der Waals surface area contributed by atoms with E-state index in [4.69, 9.17) is 11.6 Å². The first-order valence-corrected chi connectivity index (χ1v) is 12.9. The molecule has 0 radical (unpaired) electrons. The number of aromatic nitrogens is 1. The highest BCUT2D eigenvalue weighted by molar-refractivity contribution is 7.89. The first-order chi connectivity index (χ1) is 15.4. The number of rotatable bonds is 8. The molecule has 0 fully saturated rings. The summed E-state index contributed by atoms with van der Waals surface area (Å²) in [5, 5.41) is 3.48. The van der Waals surface area contributed by atoms with E-state index >= 15 is 0 Å². The van der Waals surface area contributed by atoms with Gasteiger partial charge in [-0.3, -0.25) is 9.69 Å². The number of fused-ring (bicyclic) bond motifs is 1. The standard InChI is InChI=1S/C22H23ClN4O3S2/c23-17-8-4-5-9-20(17)32(29,30)24-12-10-21(28)26-22-25-18-11-13-27(15-19(18)31-22)14-16-6-2-1-3-7-16/h1-9,24H,10-15H2,(H,25,26,28). The van der Waals surface area contributed by atoms with E-state index in [-0.39, 0.29) is 28.8 Å². The molecule has 10 heteroatoms. The third-order valence-electron chi connectivity index (χ3n) is 5.08. The summed E-state index contributed by atoms with van der Waals surface area (Å²) < 4.78 is 27.1. The van der Waals surface area contributed by atoms with Crippen molar-refractivity contribution in [3.8, 4) is 0 Å². The molecule has 3 aromatic rings. The van der Waals surface area contributed by atoms with Crippen LogP contribution in [-0.2, 0) is 34.3 Å². The Kier molecular flexibility index (Phi) is 7.22. The smallest absolute Gasteiger partial charge is 0.242 e. The highest BCUT2D eigenvalue weighted by Gasteiger charge is 2.22. The molecule has 0 aliphatic carbocycles. The normalized spacial score (nSPS) is 14.2. The summed E-state index contributed by atoms with van der Waals surface area (Å²) >= 11 is 7.43. The number of nitrogens with zero attached hydrogens (tertiary/aromatic N) is 2. The lowest BCUT2D eigenvalue weighted by Gasteiger charge is -2.25. The Hall–Kier alpha value is -2.30. The molecule has 0 atom stereocenters. The molecule has 7 nitrogen and oxygen atoms in total. The number of amides is 1. The molecule has 168 valence electrons. The fraction of sp³-hybridized carbons (Fsp3) is 0.273. The van der Waals surface area contributed by atoms with Crippen molar-refractivity contribution < 1.29 is 13.2 Å². The van der Waals surface area contributed by atoms with Crippen LogP contribution in [0, 0.1) is 0 Å². The minimum Gasteiger partial charge on any atom is -0.302 e. The van der Waals surface area contributed by atoms with E-state index in [2.05, 4.69) is 32.1 Å². The van der Waals surface area contributed by atoms with E-state index in [1.54, 1.807) is 12.1 Å². The molecular weight excluding hydrogens is 468 g/mol. The topological polar surface area (TPSA) is 91.4 Å². The predicted octanol–water partition coefficient (Wildman–Crippen LogP) is 3.66. The minimum atomic E-state index is -3.77. The minimum absolute atomic E-state index is 0.00488. The van der Waals surface area contributed by atoms with Crippen LogP contribution in [0.3, 0.4) is 0 Å². The second kappa shape index (κ2) is 10.1. The van der Waals surface area contributed by atoms with Crippen LogP contribution in [0.5, 0.6) is 0 Å². The number of benzene rings is 2. The quantitative estimate of drug-likeness (QED) is 0.502. The number of carbonyl (C=O) groups excluding carboxylic acids is 1. The molecule has 1 amide bonds. The molecule has 0 saturated heterocycles. The Bertz CT molecular complexity index is 1200. The number of anilines is 1. The van der Waals surface area contributed by atoms with Gasteiger partial charge in [0.05, 0.1) is 10.7 Å². The molecule has 2 aromatic carbocycles. The maximum Gasteiger partial charge on any atom is 0.242 e. The van der Waals surface area contributed by atoms with Gasteiger partial charge in [0, 0.05) is 43.9 Å². The molecular formula is C22H23ClN4O3S2. The fourth-order valence-corrected chi connectivity index (χ4v) is 6.12. The maximum absolute atomic E-state index is 12.3. The second-order valence-electron chi connectivity index (χ2n) is 7.46. The van der Waals surface area contributed by atoms with Crippen molar-refractivity contribution in [3.05, 3.63) is 75.8 Å². The largest absolute Gasteiger partial charge is 0.302 e. The van der Waals surface area contributed by atoms with Crippen molar-refractivity contribution in [1.82, 2.24) is 14.6 Å². The van der Waals surface area contributed by atoms with Crippen LogP contribution in [0.2, 0.25) is 5.02 Å². The van der Waals surface area contributed by atoms with Crippen molar-refractivity contribution >= 4 is 44.0 Å². The van der Waals surface area contributed by atoms with Crippen LogP contribution < -0.4 is 10.0 Å². The fourth-order valence-electron chi connectivity index (χ4n) is 3.50. The zero-order chi connectivity index (χ0) is 22.6. The summed E-state index contributed by atoms with van der Waals surface area (Å²) in [6, 6.07) is 16.5. The van der Waals surface area contributed by atoms with Gasteiger partial charge in [-0.15, -0.1) is 11.3 Å². The monoisotopic (exact) mass is 490 g/mol. The lowest BCUT2D eigenvalue weighted by molar-refractivity contribution is -0.116. The molecule has 1 aliphatic heterocycles. The first-order valence-electron chi connectivity index (χ1n) is 10.2. The van der Waals surface area contributed by atoms with Crippen LogP contribution in [0.15, 0.2) is 59.5 Å². The highest BCUT2D eigenvalue weighted by Crippen LogP contribution is 2.29. The van der Waals surface area contributed by atoms with Crippen LogP contribution in [0.4, 0.5) is 5.13 Å². The van der Waals surface area contributed by atoms with Gasteiger partial charge in [-0.25, -0.2) is 18.1 Å². The number of hydrogen-bond acceptors (Lipinski definition) is 6. The van der Waals surface area contributed by atoms with Crippen LogP contribution in [-0.4, -0.2) is 37.3 Å². The average molecular weight is 491 g/mol. The third-order valence-corrected chi connectivity index (χ3v) is 8.03. The Morgan fingerprint density at radius 2 is 1.88 bits per heavy atom. The highest BCUT2D eigenvalue weighted by atomic mass is 35.5. The Balaban J connectivity index is 1.28. The van der Waals surface area contributed by atoms with Gasteiger partial charge in [0.2, 0.25) is 15.9 Å².